The van der Waals surface area contributed by atoms with Crippen molar-refractivity contribution in [2.45, 2.75) is 0 Å². The number of nitrogens with one attached hydrogen (secondary N) is 1. The van der Waals surface area contributed by atoms with E-state index in [4.69, 9.17) is 10.0 Å². The molecule has 0 atom stereocenters. The number of carbonyl (C=O) groups excluding carboxylic acids is 2. The molecule has 0 unspecified atom stereocenters. The minimum absolute atomic E-state index is 0.115. The van der Waals surface area contributed by atoms with Gasteiger partial charge in [-0.3, -0.25) is 10.1 Å². The first-order valence-electron chi connectivity index (χ1n) is 6.49. The van der Waals surface area contributed by atoms with Crippen molar-refractivity contribution in [3.05, 3.63) is 34.7 Å². The number of phenolic OH excluding ortho intramolecular Hbond substituents is 1. The zero-order valence-electron chi connectivity index (χ0n) is 12.3. The average molecular weight is 349 g/mol. The molecule has 1 fully saturated rings. The molecular formula is C13H12BN3O6S. The molecule has 0 saturated carbocycles. The Morgan fingerprint density at radius 2 is 2.17 bits per heavy atom. The zero-order chi connectivity index (χ0) is 17.7. The summed E-state index contributed by atoms with van der Waals surface area (Å²) in [5.41, 5.74) is 0.387. The van der Waals surface area contributed by atoms with Gasteiger partial charge in [0.05, 0.1) is 18.2 Å². The summed E-state index contributed by atoms with van der Waals surface area (Å²) in [6.07, 6.45) is 2.22. The van der Waals surface area contributed by atoms with Crippen LogP contribution < -0.4 is 10.8 Å². The van der Waals surface area contributed by atoms with Gasteiger partial charge in [-0.15, -0.1) is 5.10 Å². The van der Waals surface area contributed by atoms with Gasteiger partial charge in [-0.25, -0.2) is 4.79 Å². The van der Waals surface area contributed by atoms with Crippen LogP contribution in [0.15, 0.2) is 39.4 Å². The van der Waals surface area contributed by atoms with Crippen LogP contribution in [0.4, 0.5) is 0 Å². The highest BCUT2D eigenvalue weighted by molar-refractivity contribution is 8.18. The monoisotopic (exact) mass is 349 g/mol. The third-order valence-corrected chi connectivity index (χ3v) is 3.70. The van der Waals surface area contributed by atoms with Crippen molar-refractivity contribution in [3.8, 4) is 5.75 Å². The molecule has 124 valence electrons. The molecule has 4 N–H and O–H groups in total. The first-order valence-corrected chi connectivity index (χ1v) is 7.31. The van der Waals surface area contributed by atoms with Gasteiger partial charge in [-0.1, -0.05) is 6.07 Å². The highest BCUT2D eigenvalue weighted by atomic mass is 32.2. The lowest BCUT2D eigenvalue weighted by molar-refractivity contribution is -0.135. The molecule has 1 amide bonds. The van der Waals surface area contributed by atoms with Crippen LogP contribution in [-0.2, 0) is 14.3 Å². The summed E-state index contributed by atoms with van der Waals surface area (Å²) in [7, 11) is -0.486. The van der Waals surface area contributed by atoms with Crippen LogP contribution in [0.3, 0.4) is 0 Å². The first kappa shape index (κ1) is 17.7. The molecule has 1 aromatic rings. The van der Waals surface area contributed by atoms with Gasteiger partial charge in [0.1, 0.15) is 5.75 Å². The maximum atomic E-state index is 11.6. The second-order valence-electron chi connectivity index (χ2n) is 4.43. The van der Waals surface area contributed by atoms with Crippen molar-refractivity contribution in [2.24, 2.45) is 10.2 Å². The van der Waals surface area contributed by atoms with Crippen molar-refractivity contribution >= 4 is 47.6 Å². The highest BCUT2D eigenvalue weighted by Gasteiger charge is 2.25. The maximum absolute atomic E-state index is 11.6. The van der Waals surface area contributed by atoms with Crippen LogP contribution >= 0.6 is 11.8 Å². The van der Waals surface area contributed by atoms with E-state index in [2.05, 4.69) is 20.3 Å². The predicted molar refractivity (Wildman–Crippen MR) is 88.8 cm³/mol. The number of amidine groups is 1. The van der Waals surface area contributed by atoms with E-state index < -0.39 is 19.0 Å². The van der Waals surface area contributed by atoms with E-state index in [1.165, 1.54) is 31.5 Å². The predicted octanol–water partition coefficient (Wildman–Crippen LogP) is -1.32. The Bertz CT molecular complexity index is 762. The number of benzene rings is 1. The van der Waals surface area contributed by atoms with Crippen molar-refractivity contribution in [2.75, 3.05) is 7.11 Å². The number of aromatic hydroxyl groups is 1. The standard InChI is InChI=1S/C13H12BN3O6S/c1-23-11(19)5-10-12(20)16-13(24-10)17-15-6-7-4-8(14(21)22)2-3-9(7)18/h2-6,18,21-22H,1H3,(H,16,17,20)/b10-5+,15-6?. The number of nitrogens with zero attached hydrogens (tertiary/aromatic N) is 2. The van der Waals surface area contributed by atoms with Gasteiger partial charge in [0.15, 0.2) is 5.17 Å². The molecule has 11 heteroatoms. The van der Waals surface area contributed by atoms with E-state index in [-0.39, 0.29) is 26.8 Å². The molecular weight excluding hydrogens is 337 g/mol. The van der Waals surface area contributed by atoms with E-state index in [1.54, 1.807) is 0 Å². The number of carbonyl (C=O) groups is 2. The summed E-state index contributed by atoms with van der Waals surface area (Å²) >= 11 is 0.903. The minimum Gasteiger partial charge on any atom is -0.507 e. The molecule has 2 rings (SSSR count). The number of phenols is 1. The number of hydrogen-bond acceptors (Lipinski definition) is 9. The lowest BCUT2D eigenvalue weighted by Crippen LogP contribution is -2.29. The van der Waals surface area contributed by atoms with Crippen LogP contribution in [0.1, 0.15) is 5.56 Å². The molecule has 1 heterocycles. The maximum Gasteiger partial charge on any atom is 0.488 e. The molecule has 0 bridgehead atoms. The number of amides is 1. The zero-order valence-corrected chi connectivity index (χ0v) is 13.1. The minimum atomic E-state index is -1.68. The second-order valence-corrected chi connectivity index (χ2v) is 5.46. The summed E-state index contributed by atoms with van der Waals surface area (Å²) in [4.78, 5) is 22.8. The summed E-state index contributed by atoms with van der Waals surface area (Å²) in [5.74, 6) is -1.30. The fourth-order valence-corrected chi connectivity index (χ4v) is 2.36. The number of methoxy groups -OCH3 is 1. The summed E-state index contributed by atoms with van der Waals surface area (Å²) in [5, 5.41) is 37.9. The third kappa shape index (κ3) is 4.44. The van der Waals surface area contributed by atoms with Gasteiger partial charge in [-0.05, 0) is 29.4 Å². The Kier molecular flexibility index (Phi) is 5.74. The molecule has 9 nitrogen and oxygen atoms in total. The van der Waals surface area contributed by atoms with Crippen LogP contribution in [0.2, 0.25) is 0 Å². The lowest BCUT2D eigenvalue weighted by atomic mass is 9.79. The highest BCUT2D eigenvalue weighted by Crippen LogP contribution is 2.23. The Labute approximate surface area is 140 Å². The van der Waals surface area contributed by atoms with Gasteiger partial charge in [0.2, 0.25) is 0 Å². The average Bonchev–Trinajstić information content (AvgIpc) is 2.88. The van der Waals surface area contributed by atoms with Crippen molar-refractivity contribution in [1.29, 1.82) is 0 Å². The largest absolute Gasteiger partial charge is 0.507 e. The molecule has 0 radical (unpaired) electrons. The van der Waals surface area contributed by atoms with Crippen LogP contribution in [0.5, 0.6) is 5.75 Å². The van der Waals surface area contributed by atoms with Gasteiger partial charge in [0.25, 0.3) is 5.91 Å². The third-order valence-electron chi connectivity index (χ3n) is 2.80. The second kappa shape index (κ2) is 7.77. The molecule has 0 aromatic heterocycles. The van der Waals surface area contributed by atoms with E-state index in [0.717, 1.165) is 17.8 Å². The smallest absolute Gasteiger partial charge is 0.488 e. The molecule has 1 aliphatic heterocycles. The Balaban J connectivity index is 2.13. The molecule has 0 spiro atoms. The molecule has 24 heavy (non-hydrogen) atoms. The van der Waals surface area contributed by atoms with Gasteiger partial charge in [0, 0.05) is 11.6 Å². The van der Waals surface area contributed by atoms with Crippen molar-refractivity contribution in [1.82, 2.24) is 5.32 Å². The Morgan fingerprint density at radius 1 is 1.42 bits per heavy atom. The van der Waals surface area contributed by atoms with Crippen molar-refractivity contribution < 1.29 is 29.5 Å². The van der Waals surface area contributed by atoms with Crippen LogP contribution in [-0.4, -0.2) is 52.6 Å². The van der Waals surface area contributed by atoms with E-state index >= 15 is 0 Å². The molecule has 1 aliphatic rings. The first-order chi connectivity index (χ1) is 11.4. The fraction of sp³-hybridized carbons (Fsp3) is 0.0769. The van der Waals surface area contributed by atoms with Crippen LogP contribution in [0, 0.1) is 0 Å². The number of esters is 1. The van der Waals surface area contributed by atoms with Crippen molar-refractivity contribution in [3.63, 3.8) is 0 Å². The topological polar surface area (TPSA) is 141 Å². The van der Waals surface area contributed by atoms with Gasteiger partial charge < -0.3 is 19.9 Å². The summed E-state index contributed by atoms with van der Waals surface area (Å²) < 4.78 is 4.43. The lowest BCUT2D eigenvalue weighted by Gasteiger charge is -2.02. The molecule has 0 aliphatic carbocycles. The normalized spacial score (nSPS) is 17.5. The van der Waals surface area contributed by atoms with Crippen LogP contribution in [0.25, 0.3) is 0 Å². The Hall–Kier alpha value is -2.63. The fourth-order valence-electron chi connectivity index (χ4n) is 1.62. The van der Waals surface area contributed by atoms with E-state index in [0.29, 0.717) is 0 Å². The van der Waals surface area contributed by atoms with E-state index in [1.807, 2.05) is 0 Å². The SMILES string of the molecule is COC(=O)/C=C1/S/C(=N\N=Cc2cc(B(O)O)ccc2O)NC1=O. The number of rotatable bonds is 4. The van der Waals surface area contributed by atoms with Gasteiger partial charge in [-0.2, -0.15) is 5.10 Å². The number of ether oxygens (including phenoxy) is 1. The summed E-state index contributed by atoms with van der Waals surface area (Å²) in [6.45, 7) is 0. The van der Waals surface area contributed by atoms with E-state index in [9.17, 15) is 14.7 Å². The Morgan fingerprint density at radius 3 is 2.83 bits per heavy atom. The van der Waals surface area contributed by atoms with Gasteiger partial charge >= 0.3 is 13.1 Å². The molecule has 1 saturated heterocycles. The summed E-state index contributed by atoms with van der Waals surface area (Å²) in [6, 6.07) is 3.96. The quantitative estimate of drug-likeness (QED) is 0.174. The number of hydrogen-bond donors (Lipinski definition) is 4. The molecule has 1 aromatic carbocycles. The number of thioether (sulfide) groups is 1.